The van der Waals surface area contributed by atoms with Gasteiger partial charge in [-0.1, -0.05) is 170 Å². The molecule has 0 saturated heterocycles. The molecule has 111 heavy (non-hydrogen) atoms. The van der Waals surface area contributed by atoms with E-state index in [4.69, 9.17) is 73.6 Å². The van der Waals surface area contributed by atoms with Crippen LogP contribution in [0.2, 0.25) is 0 Å². The summed E-state index contributed by atoms with van der Waals surface area (Å²) in [5.74, 6) is -2.27. The van der Waals surface area contributed by atoms with E-state index in [2.05, 4.69) is 119 Å². The lowest BCUT2D eigenvalue weighted by atomic mass is 9.98. The molecular formula is C78H91Br4N21O8. The number of hydrogen-bond donors (Lipinski definition) is 6. The number of carbonyl (C=O) groups excluding carboxylic acids is 5. The van der Waals surface area contributed by atoms with E-state index in [1.54, 1.807) is 81.8 Å². The SMILES string of the molecule is CC(C)c1nn(-c2ccc(Br)cc2)c(C(N)=O)c1N.CC(C)c1nn(-c2ccc(C#N)cc2)c(C(N)=O)c1N.CCOC(=O)C(C#N)C(C)C.CCOC(=O)CC#N.[C-]#[N+]/C(=N\Nc1ccc(Br)cc1)C(C)C.[C-]#[N+]C(N=Nc1ccc(Br)cc1)(C(=O)OCC)C(C)C.[C-]#[N+]c1c(N)c(C(C)C)nn1-c1ccc(Br)cc1. The van der Waals surface area contributed by atoms with E-state index >= 15 is 0 Å². The third-order valence-electron chi connectivity index (χ3n) is 14.8. The Balaban J connectivity index is 0.000000447. The van der Waals surface area contributed by atoms with Crippen molar-refractivity contribution in [2.45, 2.75) is 134 Å². The lowest BCUT2D eigenvalue weighted by molar-refractivity contribution is -0.149. The van der Waals surface area contributed by atoms with E-state index in [0.717, 1.165) is 40.6 Å². The van der Waals surface area contributed by atoms with Crippen molar-refractivity contribution in [2.75, 3.05) is 42.4 Å². The average molecular weight is 1770 g/mol. The number of amidine groups is 1. The first-order chi connectivity index (χ1) is 52.4. The maximum atomic E-state index is 12.0. The molecule has 8 aromatic rings. The highest BCUT2D eigenvalue weighted by Crippen LogP contribution is 2.35. The van der Waals surface area contributed by atoms with Gasteiger partial charge in [0, 0.05) is 29.7 Å². The number of carbonyl (C=O) groups is 5. The topological polar surface area (TPSA) is 430 Å². The number of hydrogen-bond acceptors (Lipinski definition) is 21. The van der Waals surface area contributed by atoms with Crippen molar-refractivity contribution >= 4 is 134 Å². The molecule has 29 nitrogen and oxygen atoms in total. The quantitative estimate of drug-likeness (QED) is 0.00740. The molecule has 33 heteroatoms. The first-order valence-corrected chi connectivity index (χ1v) is 37.6. The minimum Gasteiger partial charge on any atom is -0.465 e. The number of primary amides is 2. The van der Waals surface area contributed by atoms with E-state index in [1.807, 2.05) is 166 Å². The Hall–Kier alpha value is -11.6. The zero-order chi connectivity index (χ0) is 84.0. The molecule has 2 amide bonds. The summed E-state index contributed by atoms with van der Waals surface area (Å²) in [6.45, 7) is 50.4. The van der Waals surface area contributed by atoms with Crippen LogP contribution in [-0.4, -0.2) is 90.4 Å². The summed E-state index contributed by atoms with van der Waals surface area (Å²) in [7, 11) is 0. The first-order valence-electron chi connectivity index (χ1n) is 34.4. The van der Waals surface area contributed by atoms with Crippen LogP contribution in [0.15, 0.2) is 155 Å². The largest absolute Gasteiger partial charge is 0.465 e. The average Bonchev–Trinajstić information content (AvgIpc) is 1.70. The molecule has 5 aromatic carbocycles. The minimum atomic E-state index is -1.62. The Kier molecular flexibility index (Phi) is 41.3. The fourth-order valence-electron chi connectivity index (χ4n) is 8.97. The molecule has 3 aromatic heterocycles. The Morgan fingerprint density at radius 3 is 1.31 bits per heavy atom. The summed E-state index contributed by atoms with van der Waals surface area (Å²) < 4.78 is 22.5. The molecule has 0 bridgehead atoms. The number of nitriles is 3. The second-order valence-electron chi connectivity index (χ2n) is 25.1. The molecule has 2 unspecified atom stereocenters. The summed E-state index contributed by atoms with van der Waals surface area (Å²) in [5.41, 5.74) is 37.7. The molecule has 0 aliphatic carbocycles. The summed E-state index contributed by atoms with van der Waals surface area (Å²) in [4.78, 5) is 66.6. The van der Waals surface area contributed by atoms with Gasteiger partial charge in [-0.2, -0.15) is 30.7 Å². The fraction of sp³-hybridized carbons (Fsp3) is 0.346. The van der Waals surface area contributed by atoms with Gasteiger partial charge >= 0.3 is 23.6 Å². The number of benzene rings is 5. The number of amides is 2. The summed E-state index contributed by atoms with van der Waals surface area (Å²) in [6, 6.07) is 42.1. The van der Waals surface area contributed by atoms with Crippen molar-refractivity contribution in [1.29, 1.82) is 15.8 Å². The maximum absolute atomic E-state index is 12.0. The maximum Gasteiger partial charge on any atom is 0.439 e. The van der Waals surface area contributed by atoms with Gasteiger partial charge in [-0.3, -0.25) is 24.0 Å². The molecule has 11 N–H and O–H groups in total. The number of azo groups is 1. The van der Waals surface area contributed by atoms with Gasteiger partial charge in [0.2, 0.25) is 0 Å². The normalized spacial score (nSPS) is 11.3. The van der Waals surface area contributed by atoms with Crippen molar-refractivity contribution in [2.24, 2.45) is 50.5 Å². The van der Waals surface area contributed by atoms with Gasteiger partial charge in [0.15, 0.2) is 11.4 Å². The third kappa shape index (κ3) is 29.4. The highest BCUT2D eigenvalue weighted by Gasteiger charge is 2.52. The van der Waals surface area contributed by atoms with Crippen LogP contribution in [0.1, 0.15) is 172 Å². The summed E-state index contributed by atoms with van der Waals surface area (Å²) >= 11 is 13.4. The summed E-state index contributed by atoms with van der Waals surface area (Å²) in [5, 5.41) is 50.5. The third-order valence-corrected chi connectivity index (χ3v) is 16.9. The molecule has 0 aliphatic heterocycles. The van der Waals surface area contributed by atoms with Crippen LogP contribution in [0, 0.1) is 77.4 Å². The highest BCUT2D eigenvalue weighted by atomic mass is 79.9. The van der Waals surface area contributed by atoms with E-state index in [9.17, 15) is 24.0 Å². The number of nitrogen functional groups attached to an aromatic ring is 3. The number of halogens is 4. The van der Waals surface area contributed by atoms with Crippen LogP contribution in [0.3, 0.4) is 0 Å². The Morgan fingerprint density at radius 2 is 0.964 bits per heavy atom. The lowest BCUT2D eigenvalue weighted by Crippen LogP contribution is -2.39. The van der Waals surface area contributed by atoms with Gasteiger partial charge in [0.05, 0.1) is 106 Å². The van der Waals surface area contributed by atoms with E-state index < -0.39 is 41.3 Å². The van der Waals surface area contributed by atoms with E-state index in [0.29, 0.717) is 70.3 Å². The van der Waals surface area contributed by atoms with Gasteiger partial charge in [0.25, 0.3) is 23.5 Å². The van der Waals surface area contributed by atoms with Crippen molar-refractivity contribution in [3.8, 4) is 35.3 Å². The van der Waals surface area contributed by atoms with Crippen LogP contribution >= 0.6 is 63.7 Å². The fourth-order valence-corrected chi connectivity index (χ4v) is 10.0. The van der Waals surface area contributed by atoms with E-state index in [1.165, 1.54) is 9.36 Å². The molecule has 0 fully saturated rings. The molecule has 0 saturated carbocycles. The van der Waals surface area contributed by atoms with Gasteiger partial charge in [-0.25, -0.2) is 26.2 Å². The van der Waals surface area contributed by atoms with Gasteiger partial charge in [-0.15, -0.1) is 5.11 Å². The molecule has 2 atom stereocenters. The number of esters is 3. The number of nitrogens with zero attached hydrogens (tertiary/aromatic N) is 15. The standard InChI is InChI=1S/C14H16BrN3O2.C14H15N5O.C13H15BrN4O.C13H13BrN4.C11H12BrN3.C8H13NO2.C5H7NO2/c1-5-20-13(19)14(16-4,10(2)3)18-17-12-8-6-11(15)7-9-12;1-8(2)12-11(16)13(14(17)20)19(18-12)10-5-3-9(7-15)4-6-10;1-7(2)11-10(15)12(13(16)19)18(17-11)9-5-3-8(14)4-6-9;1-8(2)12-11(15)13(16-3)18(17-12)10-6-4-9(14)5-7-10;1-8(2)11(13-3)15-14-10-6-4-9(12)5-7-10;1-4-11-8(10)7(5-9)6(2)3;1-2-8-5(7)3-4-6/h6-10H,5H2,1-3H3;3-6,8H,16H2,1-2H3,(H2,17,20);3-7H,15H2,1-2H3,(H2,16,19);4-8H,15H2,1-2H3;4-8,14H,1-2H3;6-7H,4H2,1-3H3;2-3H2,1H3/b;;;;15-11-;;. The Labute approximate surface area is 681 Å². The molecule has 0 spiro atoms. The number of hydrazone groups is 1. The summed E-state index contributed by atoms with van der Waals surface area (Å²) in [6.07, 6.45) is -0.145. The van der Waals surface area contributed by atoms with Gasteiger partial charge in [0.1, 0.15) is 18.0 Å². The number of aromatic nitrogens is 6. The monoisotopic (exact) mass is 1770 g/mol. The Bertz CT molecular complexity index is 4720. The molecule has 0 radical (unpaired) electrons. The molecule has 3 heterocycles. The minimum absolute atomic E-state index is 0.0269. The number of nitrogens with two attached hydrogens (primary N) is 5. The predicted molar refractivity (Wildman–Crippen MR) is 443 cm³/mol. The molecular weight excluding hydrogens is 1680 g/mol. The van der Waals surface area contributed by atoms with Gasteiger partial charge in [-0.05, 0) is 165 Å². The van der Waals surface area contributed by atoms with E-state index in [-0.39, 0.29) is 59.9 Å². The number of nitrogens with one attached hydrogen (secondary N) is 1. The van der Waals surface area contributed by atoms with Crippen molar-refractivity contribution in [3.63, 3.8) is 0 Å². The highest BCUT2D eigenvalue weighted by molar-refractivity contribution is 9.11. The van der Waals surface area contributed by atoms with Gasteiger partial charge < -0.3 is 52.6 Å². The van der Waals surface area contributed by atoms with Crippen molar-refractivity contribution in [1.82, 2.24) is 29.3 Å². The van der Waals surface area contributed by atoms with Crippen LogP contribution < -0.4 is 34.1 Å². The second kappa shape index (κ2) is 48.0. The second-order valence-corrected chi connectivity index (χ2v) is 28.7. The van der Waals surface area contributed by atoms with Crippen molar-refractivity contribution < 1.29 is 38.2 Å². The zero-order valence-corrected chi connectivity index (χ0v) is 70.6. The smallest absolute Gasteiger partial charge is 0.439 e. The van der Waals surface area contributed by atoms with Crippen molar-refractivity contribution in [3.05, 3.63) is 208 Å². The number of rotatable bonds is 21. The Morgan fingerprint density at radius 1 is 0.568 bits per heavy atom. The van der Waals surface area contributed by atoms with Crippen LogP contribution in [0.5, 0.6) is 0 Å². The molecule has 0 aliphatic rings. The first kappa shape index (κ1) is 95.5. The van der Waals surface area contributed by atoms with Crippen LogP contribution in [0.4, 0.5) is 34.3 Å². The number of ether oxygens (including phenoxy) is 3. The zero-order valence-electron chi connectivity index (χ0n) is 64.3. The molecule has 584 valence electrons. The lowest BCUT2D eigenvalue weighted by Gasteiger charge is -2.17. The van der Waals surface area contributed by atoms with Crippen LogP contribution in [0.25, 0.3) is 31.6 Å². The van der Waals surface area contributed by atoms with Crippen LogP contribution in [-0.2, 0) is 28.6 Å². The number of anilines is 4. The molecule has 8 rings (SSSR count). The predicted octanol–water partition coefficient (Wildman–Crippen LogP) is 17.8.